The molecule has 0 aliphatic carbocycles. The summed E-state index contributed by atoms with van der Waals surface area (Å²) in [7, 11) is 1.62. The molecule has 0 atom stereocenters. The smallest absolute Gasteiger partial charge is 0.254 e. The molecule has 1 aromatic heterocycles. The fourth-order valence-corrected chi connectivity index (χ4v) is 3.44. The monoisotopic (exact) mass is 476 g/mol. The molecule has 2 aromatic carbocycles. The Morgan fingerprint density at radius 1 is 1.06 bits per heavy atom. The molecule has 3 rings (SSSR count). The van der Waals surface area contributed by atoms with Crippen LogP contribution >= 0.6 is 0 Å². The maximum absolute atomic E-state index is 12.9. The molecule has 3 aromatic rings. The Morgan fingerprint density at radius 2 is 1.71 bits per heavy atom. The molecule has 0 unspecified atom stereocenters. The number of amides is 2. The van der Waals surface area contributed by atoms with Crippen LogP contribution in [0.2, 0.25) is 0 Å². The number of benzene rings is 2. The van der Waals surface area contributed by atoms with Gasteiger partial charge in [0.2, 0.25) is 5.91 Å². The van der Waals surface area contributed by atoms with Gasteiger partial charge in [0.1, 0.15) is 11.6 Å². The van der Waals surface area contributed by atoms with E-state index in [1.54, 1.807) is 36.0 Å². The van der Waals surface area contributed by atoms with Gasteiger partial charge in [0.15, 0.2) is 0 Å². The predicted molar refractivity (Wildman–Crippen MR) is 139 cm³/mol. The van der Waals surface area contributed by atoms with Crippen LogP contribution in [0.3, 0.4) is 0 Å². The van der Waals surface area contributed by atoms with Crippen molar-refractivity contribution < 1.29 is 14.3 Å². The fourth-order valence-electron chi connectivity index (χ4n) is 3.44. The predicted octanol–water partition coefficient (Wildman–Crippen LogP) is 5.37. The molecular formula is C28H36N4O3. The number of ether oxygens (including phenoxy) is 1. The summed E-state index contributed by atoms with van der Waals surface area (Å²) in [6.45, 7) is 10.9. The molecule has 7 nitrogen and oxygen atoms in total. The largest absolute Gasteiger partial charge is 0.494 e. The van der Waals surface area contributed by atoms with Gasteiger partial charge in [-0.05, 0) is 49.7 Å². The van der Waals surface area contributed by atoms with Gasteiger partial charge >= 0.3 is 0 Å². The van der Waals surface area contributed by atoms with Crippen molar-refractivity contribution >= 4 is 17.6 Å². The highest BCUT2D eigenvalue weighted by Crippen LogP contribution is 2.26. The summed E-state index contributed by atoms with van der Waals surface area (Å²) in [6.07, 6.45) is 2.05. The van der Waals surface area contributed by atoms with Gasteiger partial charge in [-0.3, -0.25) is 9.59 Å². The van der Waals surface area contributed by atoms with Crippen LogP contribution < -0.4 is 10.1 Å². The van der Waals surface area contributed by atoms with E-state index in [-0.39, 0.29) is 23.8 Å². The molecule has 0 saturated heterocycles. The van der Waals surface area contributed by atoms with Crippen LogP contribution in [-0.2, 0) is 10.2 Å². The molecule has 7 heteroatoms. The lowest BCUT2D eigenvalue weighted by Crippen LogP contribution is -2.35. The molecule has 0 fully saturated rings. The molecule has 0 saturated carbocycles. The van der Waals surface area contributed by atoms with Crippen molar-refractivity contribution in [2.75, 3.05) is 25.5 Å². The van der Waals surface area contributed by atoms with E-state index in [0.717, 1.165) is 35.5 Å². The number of carbonyl (C=O) groups excluding carboxylic acids is 2. The van der Waals surface area contributed by atoms with E-state index in [1.807, 2.05) is 37.3 Å². The standard InChI is InChI=1S/C28H36N4O3/c1-7-8-17-35-23-15-11-21(12-16-23)27(34)31(6)19-26(33)29-25-18-24(28(3,4)5)30-32(25)22-13-9-20(2)10-14-22/h9-16,18H,7-8,17,19H2,1-6H3,(H,29,33). The number of likely N-dealkylation sites (N-methyl/N-ethyl adjacent to an activating group) is 1. The lowest BCUT2D eigenvalue weighted by atomic mass is 9.92. The van der Waals surface area contributed by atoms with Crippen LogP contribution in [0.4, 0.5) is 5.82 Å². The molecule has 1 heterocycles. The zero-order valence-corrected chi connectivity index (χ0v) is 21.6. The summed E-state index contributed by atoms with van der Waals surface area (Å²) in [5, 5.41) is 7.68. The number of nitrogens with one attached hydrogen (secondary N) is 1. The zero-order chi connectivity index (χ0) is 25.6. The SMILES string of the molecule is CCCCOc1ccc(C(=O)N(C)CC(=O)Nc2cc(C(C)(C)C)nn2-c2ccc(C)cc2)cc1. The van der Waals surface area contributed by atoms with E-state index in [9.17, 15) is 9.59 Å². The Morgan fingerprint density at radius 3 is 2.31 bits per heavy atom. The van der Waals surface area contributed by atoms with Crippen LogP contribution in [0.25, 0.3) is 5.69 Å². The van der Waals surface area contributed by atoms with E-state index in [0.29, 0.717) is 18.0 Å². The summed E-state index contributed by atoms with van der Waals surface area (Å²) in [5.74, 6) is 0.768. The van der Waals surface area contributed by atoms with E-state index in [4.69, 9.17) is 9.84 Å². The van der Waals surface area contributed by atoms with Crippen LogP contribution in [0, 0.1) is 6.92 Å². The Kier molecular flexibility index (Phi) is 8.33. The van der Waals surface area contributed by atoms with Crippen LogP contribution in [-0.4, -0.2) is 46.7 Å². The van der Waals surface area contributed by atoms with Crippen molar-refractivity contribution in [2.45, 2.75) is 52.9 Å². The number of aryl methyl sites for hydroxylation is 1. The summed E-state index contributed by atoms with van der Waals surface area (Å²) < 4.78 is 7.39. The van der Waals surface area contributed by atoms with Gasteiger partial charge in [0, 0.05) is 24.1 Å². The summed E-state index contributed by atoms with van der Waals surface area (Å²) >= 11 is 0. The second-order valence-corrected chi connectivity index (χ2v) is 9.85. The average molecular weight is 477 g/mol. The van der Waals surface area contributed by atoms with Gasteiger partial charge in [0.05, 0.1) is 24.5 Å². The van der Waals surface area contributed by atoms with Crippen molar-refractivity contribution in [3.63, 3.8) is 0 Å². The van der Waals surface area contributed by atoms with Gasteiger partial charge in [0.25, 0.3) is 5.91 Å². The van der Waals surface area contributed by atoms with Crippen molar-refractivity contribution in [1.82, 2.24) is 14.7 Å². The highest BCUT2D eigenvalue weighted by atomic mass is 16.5. The quantitative estimate of drug-likeness (QED) is 0.421. The summed E-state index contributed by atoms with van der Waals surface area (Å²) in [4.78, 5) is 27.1. The fraction of sp³-hybridized carbons (Fsp3) is 0.393. The number of rotatable bonds is 9. The molecule has 35 heavy (non-hydrogen) atoms. The van der Waals surface area contributed by atoms with Crippen molar-refractivity contribution in [3.8, 4) is 11.4 Å². The molecule has 1 N–H and O–H groups in total. The van der Waals surface area contributed by atoms with Crippen LogP contribution in [0.1, 0.15) is 62.2 Å². The molecule has 0 aliphatic heterocycles. The maximum atomic E-state index is 12.9. The Labute approximate surface area is 208 Å². The Hall–Kier alpha value is -3.61. The first-order valence-electron chi connectivity index (χ1n) is 12.0. The lowest BCUT2D eigenvalue weighted by molar-refractivity contribution is -0.116. The van der Waals surface area contributed by atoms with E-state index >= 15 is 0 Å². The van der Waals surface area contributed by atoms with Crippen LogP contribution in [0.15, 0.2) is 54.6 Å². The summed E-state index contributed by atoms with van der Waals surface area (Å²) in [6, 6.07) is 16.8. The number of carbonyl (C=O) groups is 2. The second kappa shape index (κ2) is 11.2. The minimum atomic E-state index is -0.297. The van der Waals surface area contributed by atoms with Gasteiger partial charge in [-0.2, -0.15) is 5.10 Å². The first-order valence-corrected chi connectivity index (χ1v) is 12.0. The molecular weight excluding hydrogens is 440 g/mol. The maximum Gasteiger partial charge on any atom is 0.254 e. The molecule has 0 bridgehead atoms. The Bertz CT molecular complexity index is 1140. The first kappa shape index (κ1) is 26.0. The van der Waals surface area contributed by atoms with E-state index < -0.39 is 0 Å². The number of hydrogen-bond donors (Lipinski definition) is 1. The minimum absolute atomic E-state index is 0.0858. The average Bonchev–Trinajstić information content (AvgIpc) is 3.24. The lowest BCUT2D eigenvalue weighted by Gasteiger charge is -2.17. The molecule has 0 spiro atoms. The van der Waals surface area contributed by atoms with Crippen molar-refractivity contribution in [3.05, 3.63) is 71.4 Å². The number of nitrogens with zero attached hydrogens (tertiary/aromatic N) is 3. The van der Waals surface area contributed by atoms with Gasteiger partial charge in [-0.25, -0.2) is 4.68 Å². The van der Waals surface area contributed by atoms with Gasteiger partial charge in [-0.1, -0.05) is 51.8 Å². The summed E-state index contributed by atoms with van der Waals surface area (Å²) in [5.41, 5.74) is 3.17. The minimum Gasteiger partial charge on any atom is -0.494 e. The third kappa shape index (κ3) is 6.94. The number of anilines is 1. The number of hydrogen-bond acceptors (Lipinski definition) is 4. The highest BCUT2D eigenvalue weighted by Gasteiger charge is 2.22. The van der Waals surface area contributed by atoms with Gasteiger partial charge < -0.3 is 15.0 Å². The molecule has 0 aliphatic rings. The van der Waals surface area contributed by atoms with Crippen molar-refractivity contribution in [1.29, 1.82) is 0 Å². The van der Waals surface area contributed by atoms with Crippen LogP contribution in [0.5, 0.6) is 5.75 Å². The first-order chi connectivity index (χ1) is 16.6. The molecule has 0 radical (unpaired) electrons. The highest BCUT2D eigenvalue weighted by molar-refractivity contribution is 5.99. The third-order valence-corrected chi connectivity index (χ3v) is 5.62. The van der Waals surface area contributed by atoms with E-state index in [1.165, 1.54) is 4.90 Å². The zero-order valence-electron chi connectivity index (χ0n) is 21.6. The molecule has 2 amide bonds. The Balaban J connectivity index is 1.70. The third-order valence-electron chi connectivity index (χ3n) is 5.62. The topological polar surface area (TPSA) is 76.5 Å². The van der Waals surface area contributed by atoms with Gasteiger partial charge in [-0.15, -0.1) is 0 Å². The normalized spacial score (nSPS) is 11.3. The molecule has 186 valence electrons. The van der Waals surface area contributed by atoms with E-state index in [2.05, 4.69) is 33.0 Å². The number of aromatic nitrogens is 2. The van der Waals surface area contributed by atoms with Crippen molar-refractivity contribution in [2.24, 2.45) is 0 Å². The number of unbranched alkanes of at least 4 members (excludes halogenated alkanes) is 1. The second-order valence-electron chi connectivity index (χ2n) is 9.85.